The van der Waals surface area contributed by atoms with Crippen LogP contribution >= 0.6 is 0 Å². The molecule has 5 nitrogen and oxygen atoms in total. The molecule has 0 heterocycles. The number of ether oxygens (including phenoxy) is 1. The Kier molecular flexibility index (Phi) is 5.37. The van der Waals surface area contributed by atoms with Crippen LogP contribution in [-0.4, -0.2) is 13.0 Å². The average molecular weight is 307 g/mol. The van der Waals surface area contributed by atoms with Crippen LogP contribution in [0.25, 0.3) is 0 Å². The predicted octanol–water partition coefficient (Wildman–Crippen LogP) is 3.46. The first-order chi connectivity index (χ1) is 11.1. The molecule has 2 aromatic carbocycles. The molecule has 0 atom stereocenters. The number of hydrogen-bond acceptors (Lipinski definition) is 4. The molecule has 0 aliphatic heterocycles. The van der Waals surface area contributed by atoms with Crippen LogP contribution in [0.3, 0.4) is 0 Å². The maximum atomic E-state index is 12.1. The van der Waals surface area contributed by atoms with Crippen molar-refractivity contribution in [2.24, 2.45) is 0 Å². The zero-order valence-electron chi connectivity index (χ0n) is 13.0. The van der Waals surface area contributed by atoms with Crippen LogP contribution < -0.4 is 15.4 Å². The number of para-hydroxylation sites is 1. The Hall–Kier alpha value is -3.26. The quantitative estimate of drug-likeness (QED) is 0.655. The van der Waals surface area contributed by atoms with Crippen LogP contribution in [0.1, 0.15) is 5.56 Å². The number of hydrogen-bond donors (Lipinski definition) is 2. The molecule has 2 N–H and O–H groups in total. The Morgan fingerprint density at radius 3 is 2.61 bits per heavy atom. The van der Waals surface area contributed by atoms with Crippen molar-refractivity contribution in [2.45, 2.75) is 6.92 Å². The Bertz CT molecular complexity index is 762. The molecule has 0 aromatic heterocycles. The van der Waals surface area contributed by atoms with E-state index in [0.29, 0.717) is 11.4 Å². The van der Waals surface area contributed by atoms with Gasteiger partial charge in [0.2, 0.25) is 0 Å². The fraction of sp³-hybridized carbons (Fsp3) is 0.111. The molecule has 0 saturated carbocycles. The average Bonchev–Trinajstić information content (AvgIpc) is 2.57. The third-order valence-electron chi connectivity index (χ3n) is 3.21. The van der Waals surface area contributed by atoms with Gasteiger partial charge < -0.3 is 15.4 Å². The van der Waals surface area contributed by atoms with Gasteiger partial charge in [-0.25, -0.2) is 0 Å². The number of amides is 1. The molecule has 0 unspecified atom stereocenters. The zero-order chi connectivity index (χ0) is 16.7. The number of methoxy groups -OCH3 is 1. The van der Waals surface area contributed by atoms with Crippen molar-refractivity contribution < 1.29 is 9.53 Å². The number of nitriles is 1. The first-order valence-electron chi connectivity index (χ1n) is 7.02. The minimum Gasteiger partial charge on any atom is -0.497 e. The Labute approximate surface area is 135 Å². The number of aryl methyl sites for hydroxylation is 1. The minimum atomic E-state index is -0.466. The molecule has 116 valence electrons. The summed E-state index contributed by atoms with van der Waals surface area (Å²) in [6.07, 6.45) is 1.39. The number of nitrogens with one attached hydrogen (secondary N) is 2. The smallest absolute Gasteiger partial charge is 0.267 e. The number of carbonyl (C=O) groups is 1. The SMILES string of the molecule is COc1ccc(C)c(NC=C(C#N)C(=O)Nc2ccccc2)c1. The normalized spacial score (nSPS) is 10.6. The fourth-order valence-electron chi connectivity index (χ4n) is 1.90. The highest BCUT2D eigenvalue weighted by molar-refractivity contribution is 6.06. The van der Waals surface area contributed by atoms with Crippen LogP contribution in [-0.2, 0) is 4.79 Å². The summed E-state index contributed by atoms with van der Waals surface area (Å²) in [7, 11) is 1.58. The number of nitrogens with zero attached hydrogens (tertiary/aromatic N) is 1. The predicted molar refractivity (Wildman–Crippen MR) is 90.1 cm³/mol. The standard InChI is InChI=1S/C18H17N3O2/c1-13-8-9-16(23-2)10-17(13)20-12-14(11-19)18(22)21-15-6-4-3-5-7-15/h3-10,12,20H,1-2H3,(H,21,22). The van der Waals surface area contributed by atoms with Crippen LogP contribution in [0, 0.1) is 18.3 Å². The lowest BCUT2D eigenvalue weighted by molar-refractivity contribution is -0.112. The highest BCUT2D eigenvalue weighted by Gasteiger charge is 2.09. The monoisotopic (exact) mass is 307 g/mol. The summed E-state index contributed by atoms with van der Waals surface area (Å²) < 4.78 is 5.16. The van der Waals surface area contributed by atoms with Gasteiger partial charge in [0.25, 0.3) is 5.91 Å². The Morgan fingerprint density at radius 1 is 1.22 bits per heavy atom. The van der Waals surface area contributed by atoms with Crippen molar-refractivity contribution >= 4 is 17.3 Å². The van der Waals surface area contributed by atoms with Crippen LogP contribution in [0.5, 0.6) is 5.75 Å². The largest absolute Gasteiger partial charge is 0.497 e. The van der Waals surface area contributed by atoms with E-state index < -0.39 is 5.91 Å². The van der Waals surface area contributed by atoms with Crippen LogP contribution in [0.15, 0.2) is 60.3 Å². The topological polar surface area (TPSA) is 74.1 Å². The molecule has 0 aliphatic rings. The summed E-state index contributed by atoms with van der Waals surface area (Å²) in [5.74, 6) is 0.227. The third kappa shape index (κ3) is 4.35. The van der Waals surface area contributed by atoms with Crippen molar-refractivity contribution in [3.8, 4) is 11.8 Å². The molecule has 0 saturated heterocycles. The minimum absolute atomic E-state index is 0.0175. The van der Waals surface area contributed by atoms with Crippen molar-refractivity contribution in [1.29, 1.82) is 5.26 Å². The fourth-order valence-corrected chi connectivity index (χ4v) is 1.90. The van der Waals surface area contributed by atoms with E-state index in [1.165, 1.54) is 6.20 Å². The molecular formula is C18H17N3O2. The molecule has 1 amide bonds. The maximum Gasteiger partial charge on any atom is 0.267 e. The third-order valence-corrected chi connectivity index (χ3v) is 3.21. The van der Waals surface area contributed by atoms with Gasteiger partial charge in [-0.3, -0.25) is 4.79 Å². The number of carbonyl (C=O) groups excluding carboxylic acids is 1. The molecule has 0 aliphatic carbocycles. The highest BCUT2D eigenvalue weighted by atomic mass is 16.5. The Balaban J connectivity index is 2.13. The second kappa shape index (κ2) is 7.66. The number of rotatable bonds is 5. The van der Waals surface area contributed by atoms with Crippen molar-refractivity contribution in [2.75, 3.05) is 17.7 Å². The summed E-state index contributed by atoms with van der Waals surface area (Å²) in [5.41, 5.74) is 2.36. The highest BCUT2D eigenvalue weighted by Crippen LogP contribution is 2.22. The summed E-state index contributed by atoms with van der Waals surface area (Å²) in [4.78, 5) is 12.1. The zero-order valence-corrected chi connectivity index (χ0v) is 13.0. The summed E-state index contributed by atoms with van der Waals surface area (Å²) in [6.45, 7) is 1.92. The molecule has 2 rings (SSSR count). The van der Waals surface area contributed by atoms with Gasteiger partial charge in [0.05, 0.1) is 7.11 Å². The van der Waals surface area contributed by atoms with Gasteiger partial charge in [0.1, 0.15) is 17.4 Å². The van der Waals surface area contributed by atoms with E-state index in [1.54, 1.807) is 25.3 Å². The second-order valence-electron chi connectivity index (χ2n) is 4.82. The molecule has 23 heavy (non-hydrogen) atoms. The van der Waals surface area contributed by atoms with Crippen molar-refractivity contribution in [3.63, 3.8) is 0 Å². The van der Waals surface area contributed by atoms with Gasteiger partial charge in [0.15, 0.2) is 0 Å². The van der Waals surface area contributed by atoms with Crippen LogP contribution in [0.2, 0.25) is 0 Å². The Morgan fingerprint density at radius 2 is 1.96 bits per heavy atom. The van der Waals surface area contributed by atoms with Gasteiger partial charge in [-0.2, -0.15) is 5.26 Å². The summed E-state index contributed by atoms with van der Waals surface area (Å²) in [6, 6.07) is 16.4. The molecule has 0 fully saturated rings. The van der Waals surface area contributed by atoms with Gasteiger partial charge in [-0.05, 0) is 30.7 Å². The molecule has 2 aromatic rings. The van der Waals surface area contributed by atoms with E-state index in [-0.39, 0.29) is 5.57 Å². The van der Waals surface area contributed by atoms with Crippen molar-refractivity contribution in [3.05, 3.63) is 65.9 Å². The van der Waals surface area contributed by atoms with Gasteiger partial charge >= 0.3 is 0 Å². The molecule has 0 bridgehead atoms. The number of benzene rings is 2. The van der Waals surface area contributed by atoms with Crippen molar-refractivity contribution in [1.82, 2.24) is 0 Å². The van der Waals surface area contributed by atoms with E-state index in [9.17, 15) is 10.1 Å². The van der Waals surface area contributed by atoms with E-state index in [0.717, 1.165) is 11.3 Å². The molecule has 0 spiro atoms. The molecule has 0 radical (unpaired) electrons. The molecule has 5 heteroatoms. The van der Waals surface area contributed by atoms with Gasteiger partial charge in [-0.15, -0.1) is 0 Å². The van der Waals surface area contributed by atoms with E-state index >= 15 is 0 Å². The van der Waals surface area contributed by atoms with Gasteiger partial charge in [-0.1, -0.05) is 24.3 Å². The molecular weight excluding hydrogens is 290 g/mol. The first kappa shape index (κ1) is 16.1. The van der Waals surface area contributed by atoms with E-state index in [2.05, 4.69) is 10.6 Å². The first-order valence-corrected chi connectivity index (χ1v) is 7.02. The van der Waals surface area contributed by atoms with Crippen LogP contribution in [0.4, 0.5) is 11.4 Å². The lowest BCUT2D eigenvalue weighted by Gasteiger charge is -2.09. The lowest BCUT2D eigenvalue weighted by atomic mass is 10.2. The van der Waals surface area contributed by atoms with Gasteiger partial charge in [0, 0.05) is 23.6 Å². The van der Waals surface area contributed by atoms with E-state index in [1.807, 2.05) is 43.3 Å². The summed E-state index contributed by atoms with van der Waals surface area (Å²) >= 11 is 0. The van der Waals surface area contributed by atoms with E-state index in [4.69, 9.17) is 4.74 Å². The lowest BCUT2D eigenvalue weighted by Crippen LogP contribution is -2.14. The second-order valence-corrected chi connectivity index (χ2v) is 4.82. The maximum absolute atomic E-state index is 12.1. The number of anilines is 2. The summed E-state index contributed by atoms with van der Waals surface area (Å²) in [5, 5.41) is 14.8.